The van der Waals surface area contributed by atoms with E-state index in [1.54, 1.807) is 0 Å². The highest BCUT2D eigenvalue weighted by atomic mass is 31.2. The lowest BCUT2D eigenvalue weighted by Crippen LogP contribution is -2.30. The second-order valence-corrected chi connectivity index (χ2v) is 27.8. The van der Waals surface area contributed by atoms with Gasteiger partial charge in [0.1, 0.15) is 19.3 Å². The minimum atomic E-state index is -4.97. The Balaban J connectivity index is 5.34. The normalized spacial score (nSPS) is 14.4. The first-order valence-corrected chi connectivity index (χ1v) is 40.2. The molecule has 5 unspecified atom stereocenters. The predicted octanol–water partition coefficient (Wildman–Crippen LogP) is 20.9. The van der Waals surface area contributed by atoms with Gasteiger partial charge in [-0.15, -0.1) is 0 Å². The van der Waals surface area contributed by atoms with E-state index < -0.39 is 97.5 Å². The van der Waals surface area contributed by atoms with Gasteiger partial charge in [-0.2, -0.15) is 0 Å². The van der Waals surface area contributed by atoms with E-state index in [1.165, 1.54) is 103 Å². The lowest BCUT2D eigenvalue weighted by atomic mass is 10.0. The van der Waals surface area contributed by atoms with Crippen molar-refractivity contribution < 1.29 is 80.2 Å². The standard InChI is InChI=1S/C75H134O17P2/c1-5-9-13-17-21-25-29-32-34-37-41-44-48-52-56-60-73(78)86-66-71(92-75(80)62-58-54-50-46-42-38-35-33-30-26-22-18-14-10-6-2)68-90-94(83,84)88-64-69(76)63-87-93(81,82)89-67-70(91-74(79)61-57-53-49-45-39-28-24-20-16-12-8-4)65-85-72(77)59-55-51-47-43-40-36-31-27-23-19-15-11-7-3/h9,13,15,19,21,25,27,31-32,34,41,44,69-71,76H,5-8,10-12,14,16-18,20,22-24,26,28-30,33,35-40,42-43,45-68H2,1-4H3,(H,81,82)(H,83,84)/b13-9-,19-15-,25-21-,31-27-,34-32-,44-41-. The first-order valence-electron chi connectivity index (χ1n) is 37.2. The van der Waals surface area contributed by atoms with Crippen LogP contribution in [0.15, 0.2) is 72.9 Å². The van der Waals surface area contributed by atoms with Gasteiger partial charge in [-0.1, -0.05) is 280 Å². The Labute approximate surface area is 571 Å². The lowest BCUT2D eigenvalue weighted by molar-refractivity contribution is -0.161. The molecular formula is C75H134O17P2. The van der Waals surface area contributed by atoms with E-state index in [4.69, 9.17) is 37.0 Å². The summed E-state index contributed by atoms with van der Waals surface area (Å²) >= 11 is 0. The summed E-state index contributed by atoms with van der Waals surface area (Å²) in [5.41, 5.74) is 0. The van der Waals surface area contributed by atoms with Gasteiger partial charge in [-0.05, 0) is 89.9 Å². The lowest BCUT2D eigenvalue weighted by Gasteiger charge is -2.21. The summed E-state index contributed by atoms with van der Waals surface area (Å²) < 4.78 is 68.3. The molecule has 0 radical (unpaired) electrons. The van der Waals surface area contributed by atoms with Gasteiger partial charge in [0.15, 0.2) is 12.2 Å². The quantitative estimate of drug-likeness (QED) is 0.0169. The van der Waals surface area contributed by atoms with Crippen molar-refractivity contribution in [1.29, 1.82) is 0 Å². The molecule has 0 bridgehead atoms. The van der Waals surface area contributed by atoms with Crippen LogP contribution in [-0.4, -0.2) is 96.7 Å². The number of carbonyl (C=O) groups is 4. The van der Waals surface area contributed by atoms with Crippen LogP contribution in [0.2, 0.25) is 0 Å². The molecule has 0 spiro atoms. The van der Waals surface area contributed by atoms with E-state index in [0.29, 0.717) is 25.7 Å². The van der Waals surface area contributed by atoms with Crippen LogP contribution in [0.4, 0.5) is 0 Å². The Kier molecular flexibility index (Phi) is 65.5. The van der Waals surface area contributed by atoms with Crippen molar-refractivity contribution in [1.82, 2.24) is 0 Å². The van der Waals surface area contributed by atoms with Gasteiger partial charge >= 0.3 is 39.5 Å². The molecule has 0 amide bonds. The molecule has 546 valence electrons. The molecule has 0 fully saturated rings. The average Bonchev–Trinajstić information content (AvgIpc) is 1.36. The molecule has 0 heterocycles. The van der Waals surface area contributed by atoms with E-state index in [2.05, 4.69) is 101 Å². The third-order valence-electron chi connectivity index (χ3n) is 15.7. The van der Waals surface area contributed by atoms with Gasteiger partial charge in [0.25, 0.3) is 0 Å². The van der Waals surface area contributed by atoms with E-state index >= 15 is 0 Å². The molecule has 0 saturated heterocycles. The number of ether oxygens (including phenoxy) is 4. The van der Waals surface area contributed by atoms with E-state index in [9.17, 15) is 43.2 Å². The number of rotatable bonds is 70. The van der Waals surface area contributed by atoms with Crippen LogP contribution < -0.4 is 0 Å². The van der Waals surface area contributed by atoms with Crippen molar-refractivity contribution in [2.45, 2.75) is 341 Å². The first kappa shape index (κ1) is 90.5. The van der Waals surface area contributed by atoms with Crippen molar-refractivity contribution in [3.8, 4) is 0 Å². The third kappa shape index (κ3) is 67.1. The fraction of sp³-hybridized carbons (Fsp3) is 0.787. The summed E-state index contributed by atoms with van der Waals surface area (Å²) in [6.07, 6.45) is 66.2. The third-order valence-corrected chi connectivity index (χ3v) is 17.6. The minimum absolute atomic E-state index is 0.0911. The summed E-state index contributed by atoms with van der Waals surface area (Å²) in [4.78, 5) is 72.7. The van der Waals surface area contributed by atoms with Gasteiger partial charge in [0.05, 0.1) is 26.4 Å². The fourth-order valence-electron chi connectivity index (χ4n) is 10.0. The van der Waals surface area contributed by atoms with Gasteiger partial charge in [0, 0.05) is 25.7 Å². The highest BCUT2D eigenvalue weighted by Gasteiger charge is 2.30. The number of hydrogen-bond donors (Lipinski definition) is 3. The Hall–Kier alpha value is -3.50. The highest BCUT2D eigenvalue weighted by Crippen LogP contribution is 2.45. The Morgan fingerprint density at radius 2 is 0.574 bits per heavy atom. The molecule has 17 nitrogen and oxygen atoms in total. The van der Waals surface area contributed by atoms with Crippen LogP contribution in [0.3, 0.4) is 0 Å². The number of carbonyl (C=O) groups excluding carboxylic acids is 4. The number of phosphoric acid groups is 2. The number of unbranched alkanes of at least 4 members (excludes halogenated alkanes) is 32. The van der Waals surface area contributed by atoms with Gasteiger partial charge in [0.2, 0.25) is 0 Å². The predicted molar refractivity (Wildman–Crippen MR) is 381 cm³/mol. The topological polar surface area (TPSA) is 237 Å². The molecule has 5 atom stereocenters. The average molecular weight is 1370 g/mol. The van der Waals surface area contributed by atoms with Crippen LogP contribution in [0.5, 0.6) is 0 Å². The maximum atomic E-state index is 13.1. The second kappa shape index (κ2) is 68.0. The molecule has 3 N–H and O–H groups in total. The van der Waals surface area contributed by atoms with E-state index in [1.807, 2.05) is 0 Å². The number of aliphatic hydroxyl groups excluding tert-OH is 1. The Morgan fingerprint density at radius 1 is 0.309 bits per heavy atom. The Bertz CT molecular complexity index is 2070. The first-order chi connectivity index (χ1) is 45.7. The van der Waals surface area contributed by atoms with Crippen molar-refractivity contribution in [3.05, 3.63) is 72.9 Å². The largest absolute Gasteiger partial charge is 0.472 e. The molecule has 0 aliphatic carbocycles. The highest BCUT2D eigenvalue weighted by molar-refractivity contribution is 7.47. The molecule has 0 aliphatic rings. The molecule has 19 heteroatoms. The van der Waals surface area contributed by atoms with Crippen molar-refractivity contribution in [2.24, 2.45) is 0 Å². The molecular weight excluding hydrogens is 1230 g/mol. The van der Waals surface area contributed by atoms with Gasteiger partial charge in [-0.3, -0.25) is 37.3 Å². The monoisotopic (exact) mass is 1370 g/mol. The summed E-state index contributed by atoms with van der Waals surface area (Å²) in [7, 11) is -9.94. The molecule has 94 heavy (non-hydrogen) atoms. The van der Waals surface area contributed by atoms with Crippen molar-refractivity contribution in [2.75, 3.05) is 39.6 Å². The van der Waals surface area contributed by atoms with Crippen LogP contribution in [0, 0.1) is 0 Å². The maximum absolute atomic E-state index is 13.1. The summed E-state index contributed by atoms with van der Waals surface area (Å²) in [5, 5.41) is 10.6. The van der Waals surface area contributed by atoms with Crippen LogP contribution in [0.1, 0.15) is 323 Å². The minimum Gasteiger partial charge on any atom is -0.462 e. The number of allylic oxidation sites excluding steroid dienone is 12. The molecule has 0 aromatic carbocycles. The molecule has 0 rings (SSSR count). The molecule has 0 aromatic heterocycles. The van der Waals surface area contributed by atoms with Crippen LogP contribution in [0.25, 0.3) is 0 Å². The second-order valence-electron chi connectivity index (χ2n) is 24.9. The molecule has 0 aromatic rings. The van der Waals surface area contributed by atoms with E-state index in [-0.39, 0.29) is 25.7 Å². The fourth-order valence-corrected chi connectivity index (χ4v) is 11.6. The molecule has 0 saturated carbocycles. The molecule has 0 aliphatic heterocycles. The number of hydrogen-bond acceptors (Lipinski definition) is 15. The summed E-state index contributed by atoms with van der Waals surface area (Å²) in [5.74, 6) is -2.21. The van der Waals surface area contributed by atoms with E-state index in [0.717, 1.165) is 141 Å². The van der Waals surface area contributed by atoms with Crippen molar-refractivity contribution >= 4 is 39.5 Å². The zero-order chi connectivity index (χ0) is 69.0. The van der Waals surface area contributed by atoms with Crippen LogP contribution >= 0.6 is 15.6 Å². The number of phosphoric ester groups is 2. The summed E-state index contributed by atoms with van der Waals surface area (Å²) in [6, 6.07) is 0. The van der Waals surface area contributed by atoms with Gasteiger partial charge < -0.3 is 33.8 Å². The number of aliphatic hydroxyl groups is 1. The van der Waals surface area contributed by atoms with Crippen LogP contribution in [-0.2, 0) is 65.4 Å². The van der Waals surface area contributed by atoms with Crippen molar-refractivity contribution in [3.63, 3.8) is 0 Å². The zero-order valence-corrected chi connectivity index (χ0v) is 61.2. The number of esters is 4. The Morgan fingerprint density at radius 3 is 0.915 bits per heavy atom. The smallest absolute Gasteiger partial charge is 0.462 e. The SMILES string of the molecule is CC/C=C\C/C=C\C/C=C\C/C=C\CCCCC(=O)OCC(COP(=O)(O)OCC(O)COP(=O)(O)OCC(COC(=O)CCCCCCC/C=C\C/C=C\CCC)OC(=O)CCCCCCCCCCCCC)OC(=O)CCCCCCCCCCCCCCCCC. The maximum Gasteiger partial charge on any atom is 0.472 e. The summed E-state index contributed by atoms with van der Waals surface area (Å²) in [6.45, 7) is 4.66. The van der Waals surface area contributed by atoms with Gasteiger partial charge in [-0.25, -0.2) is 9.13 Å². The zero-order valence-electron chi connectivity index (χ0n) is 59.4.